The summed E-state index contributed by atoms with van der Waals surface area (Å²) in [6, 6.07) is 8.17. The van der Waals surface area contributed by atoms with Gasteiger partial charge in [0.1, 0.15) is 12.4 Å². The van der Waals surface area contributed by atoms with E-state index in [0.29, 0.717) is 48.8 Å². The highest BCUT2D eigenvalue weighted by Gasteiger charge is 2.44. The highest BCUT2D eigenvalue weighted by molar-refractivity contribution is 7.86. The number of nitrogens with zero attached hydrogens (tertiary/aromatic N) is 3. The molecule has 3 aliphatic heterocycles. The predicted molar refractivity (Wildman–Crippen MR) is 191 cm³/mol. The normalized spacial score (nSPS) is 20.3. The molecule has 2 N–H and O–H groups in total. The van der Waals surface area contributed by atoms with Gasteiger partial charge in [0.05, 0.1) is 27.7 Å². The molecule has 0 atom stereocenters. The SMILES string of the molecule is CC1(C)C2=CC(Cl)=CN(CCCCS(=O)(=O)O)C2=N/C1=C/C=C/C(Cl)=C/C=C/C1=[N+](CCCCS(=O)(=O)O)c2ccccc2C1(C)C. The lowest BCUT2D eigenvalue weighted by molar-refractivity contribution is -0.438. The first kappa shape index (κ1) is 37.0. The van der Waals surface area contributed by atoms with E-state index in [9.17, 15) is 16.8 Å². The summed E-state index contributed by atoms with van der Waals surface area (Å²) in [4.78, 5) is 6.81. The molecule has 0 aromatic heterocycles. The highest BCUT2D eigenvalue weighted by atomic mass is 35.5. The Bertz CT molecular complexity index is 1870. The summed E-state index contributed by atoms with van der Waals surface area (Å²) in [7, 11) is -8.00. The molecule has 0 fully saturated rings. The number of hydrogen-bond acceptors (Lipinski definition) is 6. The molecule has 0 saturated carbocycles. The fraction of sp³-hybridized carbons (Fsp3) is 0.412. The molecule has 9 nitrogen and oxygen atoms in total. The number of unbranched alkanes of at least 4 members (excludes halogenated alkanes) is 2. The van der Waals surface area contributed by atoms with Gasteiger partial charge in [-0.3, -0.25) is 9.11 Å². The van der Waals surface area contributed by atoms with Crippen molar-refractivity contribution >= 4 is 60.7 Å². The zero-order valence-electron chi connectivity index (χ0n) is 27.0. The number of aliphatic imine (C=N–C) groups is 1. The molecule has 0 unspecified atom stereocenters. The Kier molecular flexibility index (Phi) is 11.6. The van der Waals surface area contributed by atoms with Crippen molar-refractivity contribution in [3.63, 3.8) is 0 Å². The quantitative estimate of drug-likeness (QED) is 0.0894. The lowest BCUT2D eigenvalue weighted by atomic mass is 9.81. The van der Waals surface area contributed by atoms with Gasteiger partial charge in [0.2, 0.25) is 5.69 Å². The molecule has 254 valence electrons. The van der Waals surface area contributed by atoms with Crippen LogP contribution in [0.4, 0.5) is 5.69 Å². The zero-order valence-corrected chi connectivity index (χ0v) is 30.2. The maximum absolute atomic E-state index is 11.2. The molecule has 0 bridgehead atoms. The Hall–Kier alpha value is -2.80. The van der Waals surface area contributed by atoms with Crippen molar-refractivity contribution < 1.29 is 30.5 Å². The minimum Gasteiger partial charge on any atom is -0.331 e. The summed E-state index contributed by atoms with van der Waals surface area (Å²) in [5.74, 6) is 0.207. The van der Waals surface area contributed by atoms with Gasteiger partial charge in [-0.05, 0) is 57.4 Å². The minimum atomic E-state index is -4.00. The van der Waals surface area contributed by atoms with Gasteiger partial charge in [0.25, 0.3) is 20.2 Å². The summed E-state index contributed by atoms with van der Waals surface area (Å²) >= 11 is 13.0. The van der Waals surface area contributed by atoms with E-state index >= 15 is 0 Å². The van der Waals surface area contributed by atoms with Crippen molar-refractivity contribution in [2.45, 2.75) is 58.8 Å². The molecule has 3 heterocycles. The number of para-hydroxylation sites is 1. The molecule has 4 rings (SSSR count). The van der Waals surface area contributed by atoms with Crippen LogP contribution in [-0.2, 0) is 25.7 Å². The third kappa shape index (κ3) is 9.43. The van der Waals surface area contributed by atoms with Crippen LogP contribution < -0.4 is 0 Å². The van der Waals surface area contributed by atoms with E-state index in [4.69, 9.17) is 37.3 Å². The van der Waals surface area contributed by atoms with E-state index in [1.54, 1.807) is 12.3 Å². The van der Waals surface area contributed by atoms with Crippen LogP contribution in [0.1, 0.15) is 58.9 Å². The average molecular weight is 724 g/mol. The number of hydrogen-bond donors (Lipinski definition) is 2. The van der Waals surface area contributed by atoms with Gasteiger partial charge in [-0.15, -0.1) is 0 Å². The first-order valence-corrected chi connectivity index (χ1v) is 19.4. The highest BCUT2D eigenvalue weighted by Crippen LogP contribution is 2.45. The number of fused-ring (bicyclic) bond motifs is 2. The number of rotatable bonds is 14. The molecule has 1 aromatic rings. The number of allylic oxidation sites excluding steroid dienone is 10. The summed E-state index contributed by atoms with van der Waals surface area (Å²) in [5, 5.41) is 1.07. The van der Waals surface area contributed by atoms with Crippen molar-refractivity contribution in [3.05, 3.63) is 99.9 Å². The molecule has 1 aromatic carbocycles. The van der Waals surface area contributed by atoms with Gasteiger partial charge in [0, 0.05) is 52.9 Å². The van der Waals surface area contributed by atoms with E-state index < -0.39 is 25.7 Å². The second kappa shape index (κ2) is 14.8. The van der Waals surface area contributed by atoms with Gasteiger partial charge >= 0.3 is 0 Å². The average Bonchev–Trinajstić information content (AvgIpc) is 3.34. The van der Waals surface area contributed by atoms with E-state index in [-0.39, 0.29) is 16.9 Å². The fourth-order valence-corrected chi connectivity index (χ4v) is 7.53. The van der Waals surface area contributed by atoms with Crippen molar-refractivity contribution in [3.8, 4) is 0 Å². The molecule has 13 heteroatoms. The van der Waals surface area contributed by atoms with Crippen LogP contribution in [-0.4, -0.2) is 71.6 Å². The predicted octanol–water partition coefficient (Wildman–Crippen LogP) is 7.28. The molecule has 0 spiro atoms. The molecular formula is C34H42Cl2N3O6S2+. The van der Waals surface area contributed by atoms with Crippen LogP contribution in [0.25, 0.3) is 0 Å². The van der Waals surface area contributed by atoms with Crippen LogP contribution in [0.3, 0.4) is 0 Å². The summed E-state index contributed by atoms with van der Waals surface area (Å²) < 4.78 is 64.9. The summed E-state index contributed by atoms with van der Waals surface area (Å²) in [6.07, 6.45) is 16.8. The molecule has 0 saturated heterocycles. The number of halogens is 2. The fourth-order valence-electron chi connectivity index (χ4n) is 6.02. The van der Waals surface area contributed by atoms with Crippen LogP contribution in [0.5, 0.6) is 0 Å². The van der Waals surface area contributed by atoms with E-state index in [2.05, 4.69) is 44.4 Å². The van der Waals surface area contributed by atoms with E-state index in [1.165, 1.54) is 5.56 Å². The molecule has 3 aliphatic rings. The number of benzene rings is 1. The minimum absolute atomic E-state index is 0.262. The first-order chi connectivity index (χ1) is 21.9. The van der Waals surface area contributed by atoms with E-state index in [1.807, 2.05) is 53.5 Å². The lowest BCUT2D eigenvalue weighted by Crippen LogP contribution is -2.32. The summed E-state index contributed by atoms with van der Waals surface area (Å²) in [5.41, 5.74) is 4.40. The Morgan fingerprint density at radius 2 is 1.62 bits per heavy atom. The lowest BCUT2D eigenvalue weighted by Gasteiger charge is -2.29. The third-order valence-corrected chi connectivity index (χ3v) is 10.6. The molecule has 47 heavy (non-hydrogen) atoms. The van der Waals surface area contributed by atoms with Crippen LogP contribution in [0.2, 0.25) is 0 Å². The Morgan fingerprint density at radius 3 is 2.30 bits per heavy atom. The molecule has 0 aliphatic carbocycles. The standard InChI is InChI=1S/C34H41Cl2N3O6S2/c1-33(2)28-23-26(36)24-38(19-7-9-21-46(40,41)42)32(28)37-30(33)17-11-13-25(35)14-12-18-31-34(3,4)27-15-5-6-16-29(27)39(31)20-8-10-22-47(43,44)45/h5-6,11-18,23-24H,7-10,19-22H2,1-4H3,(H-,40,41,42,43,44,45)/p+1. The van der Waals surface area contributed by atoms with Crippen LogP contribution >= 0.6 is 23.2 Å². The second-order valence-corrected chi connectivity index (χ2v) is 16.8. The monoisotopic (exact) mass is 722 g/mol. The molecule has 0 amide bonds. The van der Waals surface area contributed by atoms with Gasteiger partial charge < -0.3 is 4.90 Å². The summed E-state index contributed by atoms with van der Waals surface area (Å²) in [6.45, 7) is 9.55. The van der Waals surface area contributed by atoms with Gasteiger partial charge in [-0.1, -0.05) is 67.4 Å². The van der Waals surface area contributed by atoms with Crippen molar-refractivity contribution in [2.75, 3.05) is 24.6 Å². The Labute approximate surface area is 288 Å². The second-order valence-electron chi connectivity index (χ2n) is 12.8. The first-order valence-electron chi connectivity index (χ1n) is 15.4. The largest absolute Gasteiger partial charge is 0.331 e. The number of amidine groups is 1. The topological polar surface area (TPSA) is 127 Å². The van der Waals surface area contributed by atoms with Crippen molar-refractivity contribution in [2.24, 2.45) is 10.4 Å². The molecule has 0 radical (unpaired) electrons. The Balaban J connectivity index is 1.49. The van der Waals surface area contributed by atoms with Gasteiger partial charge in [-0.25, -0.2) is 4.99 Å². The zero-order chi connectivity index (χ0) is 34.6. The maximum atomic E-state index is 11.2. The van der Waals surface area contributed by atoms with Gasteiger partial charge in [-0.2, -0.15) is 21.4 Å². The van der Waals surface area contributed by atoms with Crippen LogP contribution in [0.15, 0.2) is 99.3 Å². The van der Waals surface area contributed by atoms with Gasteiger partial charge in [0.15, 0.2) is 5.71 Å². The maximum Gasteiger partial charge on any atom is 0.264 e. The van der Waals surface area contributed by atoms with Crippen molar-refractivity contribution in [1.29, 1.82) is 0 Å². The van der Waals surface area contributed by atoms with Crippen molar-refractivity contribution in [1.82, 2.24) is 4.90 Å². The Morgan fingerprint density at radius 1 is 0.957 bits per heavy atom. The molecular weight excluding hydrogens is 681 g/mol. The smallest absolute Gasteiger partial charge is 0.264 e. The van der Waals surface area contributed by atoms with E-state index in [0.717, 1.165) is 28.5 Å². The third-order valence-electron chi connectivity index (χ3n) is 8.52. The van der Waals surface area contributed by atoms with Crippen LogP contribution in [0, 0.1) is 5.41 Å².